The summed E-state index contributed by atoms with van der Waals surface area (Å²) in [6, 6.07) is 12.5. The molecule has 0 aliphatic carbocycles. The van der Waals surface area contributed by atoms with E-state index in [2.05, 4.69) is 10.0 Å². The minimum Gasteiger partial charge on any atom is -0.497 e. The Morgan fingerprint density at radius 2 is 1.84 bits per heavy atom. The van der Waals surface area contributed by atoms with Gasteiger partial charge in [-0.05, 0) is 55.8 Å². The van der Waals surface area contributed by atoms with Crippen LogP contribution in [0.15, 0.2) is 53.4 Å². The molecule has 0 bridgehead atoms. The molecule has 0 saturated carbocycles. The maximum Gasteiger partial charge on any atom is 0.261 e. The van der Waals surface area contributed by atoms with Crippen molar-refractivity contribution in [3.63, 3.8) is 0 Å². The Bertz CT molecular complexity index is 832. The van der Waals surface area contributed by atoms with Crippen LogP contribution in [0.5, 0.6) is 5.75 Å². The SMILES string of the molecule is CCC(C)NC(=O)c1cccc(NS(=O)(=O)c2ccc(OC)cc2)c1. The van der Waals surface area contributed by atoms with Crippen molar-refractivity contribution in [2.24, 2.45) is 0 Å². The van der Waals surface area contributed by atoms with Gasteiger partial charge >= 0.3 is 0 Å². The van der Waals surface area contributed by atoms with Gasteiger partial charge in [-0.25, -0.2) is 8.42 Å². The Labute approximate surface area is 148 Å². The van der Waals surface area contributed by atoms with Gasteiger partial charge in [-0.3, -0.25) is 9.52 Å². The average Bonchev–Trinajstić information content (AvgIpc) is 2.61. The Kier molecular flexibility index (Phi) is 6.03. The molecule has 25 heavy (non-hydrogen) atoms. The first-order chi connectivity index (χ1) is 11.9. The van der Waals surface area contributed by atoms with Crippen molar-refractivity contribution in [3.8, 4) is 5.75 Å². The fraction of sp³-hybridized carbons (Fsp3) is 0.278. The summed E-state index contributed by atoms with van der Waals surface area (Å²) in [6.45, 7) is 3.89. The smallest absolute Gasteiger partial charge is 0.261 e. The molecule has 2 aromatic carbocycles. The summed E-state index contributed by atoms with van der Waals surface area (Å²) >= 11 is 0. The van der Waals surface area contributed by atoms with Crippen molar-refractivity contribution >= 4 is 21.6 Å². The zero-order chi connectivity index (χ0) is 18.4. The minimum atomic E-state index is -3.75. The van der Waals surface area contributed by atoms with Gasteiger partial charge in [-0.2, -0.15) is 0 Å². The Morgan fingerprint density at radius 3 is 2.44 bits per heavy atom. The summed E-state index contributed by atoms with van der Waals surface area (Å²) in [5.41, 5.74) is 0.725. The van der Waals surface area contributed by atoms with Crippen LogP contribution in [0.25, 0.3) is 0 Å². The van der Waals surface area contributed by atoms with Crippen LogP contribution in [-0.2, 0) is 10.0 Å². The number of nitrogens with one attached hydrogen (secondary N) is 2. The number of hydrogen-bond acceptors (Lipinski definition) is 4. The van der Waals surface area contributed by atoms with Crippen LogP contribution in [0.4, 0.5) is 5.69 Å². The third-order valence-corrected chi connectivity index (χ3v) is 5.13. The maximum absolute atomic E-state index is 12.5. The molecular formula is C18H22N2O4S. The molecule has 0 fully saturated rings. The highest BCUT2D eigenvalue weighted by Gasteiger charge is 2.15. The Balaban J connectivity index is 2.18. The van der Waals surface area contributed by atoms with E-state index in [1.807, 2.05) is 13.8 Å². The number of benzene rings is 2. The van der Waals surface area contributed by atoms with Gasteiger partial charge in [0, 0.05) is 17.3 Å². The van der Waals surface area contributed by atoms with Gasteiger partial charge in [0.05, 0.1) is 12.0 Å². The van der Waals surface area contributed by atoms with E-state index < -0.39 is 10.0 Å². The van der Waals surface area contributed by atoms with Gasteiger partial charge in [0.2, 0.25) is 0 Å². The van der Waals surface area contributed by atoms with E-state index in [1.54, 1.807) is 30.3 Å². The van der Waals surface area contributed by atoms with E-state index in [0.717, 1.165) is 6.42 Å². The molecule has 1 atom stereocenters. The van der Waals surface area contributed by atoms with Gasteiger partial charge in [-0.1, -0.05) is 13.0 Å². The number of carbonyl (C=O) groups excluding carboxylic acids is 1. The van der Waals surface area contributed by atoms with Crippen molar-refractivity contribution < 1.29 is 17.9 Å². The number of methoxy groups -OCH3 is 1. The molecule has 0 saturated heterocycles. The summed E-state index contributed by atoms with van der Waals surface area (Å²) in [5.74, 6) is 0.336. The van der Waals surface area contributed by atoms with Crippen molar-refractivity contribution in [1.82, 2.24) is 5.32 Å². The zero-order valence-electron chi connectivity index (χ0n) is 14.4. The molecule has 0 heterocycles. The molecule has 134 valence electrons. The lowest BCUT2D eigenvalue weighted by Gasteiger charge is -2.13. The first-order valence-corrected chi connectivity index (χ1v) is 9.42. The molecule has 0 aliphatic heterocycles. The van der Waals surface area contributed by atoms with E-state index in [9.17, 15) is 13.2 Å². The fourth-order valence-corrected chi connectivity index (χ4v) is 3.15. The first-order valence-electron chi connectivity index (χ1n) is 7.93. The molecule has 0 aliphatic rings. The predicted molar refractivity (Wildman–Crippen MR) is 97.5 cm³/mol. The molecular weight excluding hydrogens is 340 g/mol. The fourth-order valence-electron chi connectivity index (χ4n) is 2.10. The number of hydrogen-bond donors (Lipinski definition) is 2. The molecule has 2 N–H and O–H groups in total. The molecule has 1 unspecified atom stereocenters. The molecule has 2 aromatic rings. The lowest BCUT2D eigenvalue weighted by molar-refractivity contribution is 0.0939. The topological polar surface area (TPSA) is 84.5 Å². The highest BCUT2D eigenvalue weighted by Crippen LogP contribution is 2.20. The maximum atomic E-state index is 12.5. The van der Waals surface area contributed by atoms with Crippen LogP contribution < -0.4 is 14.8 Å². The van der Waals surface area contributed by atoms with Gasteiger partial charge in [0.15, 0.2) is 0 Å². The summed E-state index contributed by atoms with van der Waals surface area (Å²) in [4.78, 5) is 12.3. The van der Waals surface area contributed by atoms with Crippen LogP contribution in [0.2, 0.25) is 0 Å². The lowest BCUT2D eigenvalue weighted by Crippen LogP contribution is -2.31. The second-order valence-corrected chi connectivity index (χ2v) is 7.33. The average molecular weight is 362 g/mol. The van der Waals surface area contributed by atoms with Gasteiger partial charge < -0.3 is 10.1 Å². The number of sulfonamides is 1. The number of rotatable bonds is 7. The van der Waals surface area contributed by atoms with E-state index >= 15 is 0 Å². The van der Waals surface area contributed by atoms with E-state index in [1.165, 1.54) is 25.3 Å². The summed E-state index contributed by atoms with van der Waals surface area (Å²) < 4.78 is 32.4. The molecule has 2 rings (SSSR count). The van der Waals surface area contributed by atoms with Crippen LogP contribution >= 0.6 is 0 Å². The van der Waals surface area contributed by atoms with E-state index in [-0.39, 0.29) is 16.8 Å². The zero-order valence-corrected chi connectivity index (χ0v) is 15.3. The highest BCUT2D eigenvalue weighted by atomic mass is 32.2. The minimum absolute atomic E-state index is 0.0483. The molecule has 0 aromatic heterocycles. The third kappa shape index (κ3) is 4.96. The molecule has 0 spiro atoms. The second-order valence-electron chi connectivity index (χ2n) is 5.64. The Morgan fingerprint density at radius 1 is 1.16 bits per heavy atom. The molecule has 6 nitrogen and oxygen atoms in total. The van der Waals surface area contributed by atoms with Crippen molar-refractivity contribution in [2.45, 2.75) is 31.2 Å². The van der Waals surface area contributed by atoms with Crippen LogP contribution in [-0.4, -0.2) is 27.5 Å². The molecule has 0 radical (unpaired) electrons. The first kappa shape index (κ1) is 18.8. The van der Waals surface area contributed by atoms with E-state index in [0.29, 0.717) is 17.0 Å². The van der Waals surface area contributed by atoms with Gasteiger partial charge in [-0.15, -0.1) is 0 Å². The highest BCUT2D eigenvalue weighted by molar-refractivity contribution is 7.92. The Hall–Kier alpha value is -2.54. The second kappa shape index (κ2) is 8.02. The number of amides is 1. The molecule has 7 heteroatoms. The van der Waals surface area contributed by atoms with Crippen LogP contribution in [0.1, 0.15) is 30.6 Å². The predicted octanol–water partition coefficient (Wildman–Crippen LogP) is 3.02. The quantitative estimate of drug-likeness (QED) is 0.793. The van der Waals surface area contributed by atoms with Gasteiger partial charge in [0.25, 0.3) is 15.9 Å². The monoisotopic (exact) mass is 362 g/mol. The summed E-state index contributed by atoms with van der Waals surface area (Å²) in [5, 5.41) is 2.85. The number of carbonyl (C=O) groups is 1. The van der Waals surface area contributed by atoms with Crippen LogP contribution in [0.3, 0.4) is 0 Å². The van der Waals surface area contributed by atoms with Gasteiger partial charge in [0.1, 0.15) is 5.75 Å². The standard InChI is InChI=1S/C18H22N2O4S/c1-4-13(2)19-18(21)14-6-5-7-15(12-14)20-25(22,23)17-10-8-16(24-3)9-11-17/h5-13,20H,4H2,1-3H3,(H,19,21). The van der Waals surface area contributed by atoms with Crippen LogP contribution in [0, 0.1) is 0 Å². The normalized spacial score (nSPS) is 12.3. The van der Waals surface area contributed by atoms with Crippen molar-refractivity contribution in [1.29, 1.82) is 0 Å². The summed E-state index contributed by atoms with van der Waals surface area (Å²) in [7, 11) is -2.23. The van der Waals surface area contributed by atoms with Crippen molar-refractivity contribution in [2.75, 3.05) is 11.8 Å². The number of ether oxygens (including phenoxy) is 1. The lowest BCUT2D eigenvalue weighted by atomic mass is 10.1. The molecule has 1 amide bonds. The largest absolute Gasteiger partial charge is 0.497 e. The van der Waals surface area contributed by atoms with Crippen molar-refractivity contribution in [3.05, 3.63) is 54.1 Å². The third-order valence-electron chi connectivity index (χ3n) is 3.74. The number of anilines is 1. The van der Waals surface area contributed by atoms with E-state index in [4.69, 9.17) is 4.74 Å². The summed E-state index contributed by atoms with van der Waals surface area (Å²) in [6.07, 6.45) is 0.815.